The molecule has 0 saturated heterocycles. The highest BCUT2D eigenvalue weighted by molar-refractivity contribution is 8.13. The molecule has 4 nitrogen and oxygen atoms in total. The van der Waals surface area contributed by atoms with E-state index in [2.05, 4.69) is 10.2 Å². The first-order chi connectivity index (χ1) is 11.6. The van der Waals surface area contributed by atoms with Gasteiger partial charge in [-0.15, -0.1) is 5.10 Å². The van der Waals surface area contributed by atoms with Gasteiger partial charge in [-0.1, -0.05) is 53.7 Å². The number of rotatable bonds is 6. The number of amidine groups is 1. The van der Waals surface area contributed by atoms with Crippen LogP contribution in [0.3, 0.4) is 0 Å². The first-order valence-electron chi connectivity index (χ1n) is 7.25. The molecule has 2 N–H and O–H groups in total. The van der Waals surface area contributed by atoms with E-state index in [0.29, 0.717) is 23.3 Å². The van der Waals surface area contributed by atoms with Gasteiger partial charge in [0.05, 0.1) is 12.8 Å². The quantitative estimate of drug-likeness (QED) is 0.467. The third kappa shape index (κ3) is 5.25. The van der Waals surface area contributed by atoms with Crippen LogP contribution in [-0.2, 0) is 5.75 Å². The van der Waals surface area contributed by atoms with Crippen LogP contribution in [0.15, 0.2) is 52.7 Å². The Labute approximate surface area is 149 Å². The zero-order chi connectivity index (χ0) is 17.4. The molecule has 0 heterocycles. The fraction of sp³-hybridized carbons (Fsp3) is 0.176. The van der Waals surface area contributed by atoms with Crippen molar-refractivity contribution in [1.82, 2.24) is 0 Å². The molecule has 0 bridgehead atoms. The zero-order valence-electron chi connectivity index (χ0n) is 13.1. The van der Waals surface area contributed by atoms with Gasteiger partial charge in [0.2, 0.25) is 0 Å². The molecular formula is C17H17ClFN3OS. The standard InChI is InChI=1S/C17H17ClFN3OS/c1-2-23-14-9-8-13(16(19)15(14)18)10-21-22-17(20)24-11-12-6-4-3-5-7-12/h3-10H,2,11H2,1H3,(H2,20,22). The number of nitrogens with two attached hydrogens (primary N) is 1. The van der Waals surface area contributed by atoms with E-state index in [1.807, 2.05) is 30.3 Å². The summed E-state index contributed by atoms with van der Waals surface area (Å²) in [5.41, 5.74) is 7.13. The molecule has 0 atom stereocenters. The second-order valence-corrected chi connectivity index (χ2v) is 6.04. The molecule has 0 aliphatic heterocycles. The number of hydrogen-bond donors (Lipinski definition) is 1. The lowest BCUT2D eigenvalue weighted by Gasteiger charge is -2.07. The Morgan fingerprint density at radius 1 is 1.29 bits per heavy atom. The minimum atomic E-state index is -0.600. The summed E-state index contributed by atoms with van der Waals surface area (Å²) < 4.78 is 19.3. The van der Waals surface area contributed by atoms with Crippen molar-refractivity contribution in [3.8, 4) is 5.75 Å². The van der Waals surface area contributed by atoms with Crippen LogP contribution in [0.4, 0.5) is 4.39 Å². The normalized spacial score (nSPS) is 11.9. The van der Waals surface area contributed by atoms with Crippen molar-refractivity contribution in [2.45, 2.75) is 12.7 Å². The summed E-state index contributed by atoms with van der Waals surface area (Å²) in [5, 5.41) is 7.88. The van der Waals surface area contributed by atoms with Gasteiger partial charge in [0.15, 0.2) is 11.0 Å². The Balaban J connectivity index is 1.98. The van der Waals surface area contributed by atoms with Gasteiger partial charge in [0.25, 0.3) is 0 Å². The van der Waals surface area contributed by atoms with Crippen LogP contribution in [-0.4, -0.2) is 18.0 Å². The number of ether oxygens (including phenoxy) is 1. The van der Waals surface area contributed by atoms with E-state index in [1.165, 1.54) is 24.0 Å². The summed E-state index contributed by atoms with van der Waals surface area (Å²) in [4.78, 5) is 0. The van der Waals surface area contributed by atoms with Crippen molar-refractivity contribution in [3.05, 3.63) is 64.4 Å². The third-order valence-electron chi connectivity index (χ3n) is 2.96. The smallest absolute Gasteiger partial charge is 0.180 e. The highest BCUT2D eigenvalue weighted by Gasteiger charge is 2.11. The number of hydrogen-bond acceptors (Lipinski definition) is 4. The number of halogens is 2. The van der Waals surface area contributed by atoms with Gasteiger partial charge in [0.1, 0.15) is 10.8 Å². The third-order valence-corrected chi connectivity index (χ3v) is 4.17. The average molecular weight is 366 g/mol. The van der Waals surface area contributed by atoms with Gasteiger partial charge >= 0.3 is 0 Å². The van der Waals surface area contributed by atoms with Crippen LogP contribution in [0.25, 0.3) is 0 Å². The summed E-state index contributed by atoms with van der Waals surface area (Å²) in [7, 11) is 0. The highest BCUT2D eigenvalue weighted by Crippen LogP contribution is 2.28. The molecule has 0 fully saturated rings. The van der Waals surface area contributed by atoms with Crippen LogP contribution in [0.1, 0.15) is 18.1 Å². The molecule has 0 aliphatic rings. The van der Waals surface area contributed by atoms with E-state index < -0.39 is 5.82 Å². The van der Waals surface area contributed by atoms with E-state index in [1.54, 1.807) is 13.0 Å². The molecule has 2 rings (SSSR count). The monoisotopic (exact) mass is 365 g/mol. The molecule has 7 heteroatoms. The molecule has 0 aliphatic carbocycles. The van der Waals surface area contributed by atoms with Gasteiger partial charge < -0.3 is 10.5 Å². The molecular weight excluding hydrogens is 349 g/mol. The lowest BCUT2D eigenvalue weighted by Crippen LogP contribution is -2.06. The molecule has 24 heavy (non-hydrogen) atoms. The molecule has 2 aromatic rings. The summed E-state index contributed by atoms with van der Waals surface area (Å²) in [6.45, 7) is 2.21. The minimum absolute atomic E-state index is 0.0730. The van der Waals surface area contributed by atoms with Gasteiger partial charge in [-0.3, -0.25) is 0 Å². The van der Waals surface area contributed by atoms with Crippen LogP contribution >= 0.6 is 23.4 Å². The Bertz CT molecular complexity index is 738. The van der Waals surface area contributed by atoms with Gasteiger partial charge in [-0.25, -0.2) is 4.39 Å². The summed E-state index contributed by atoms with van der Waals surface area (Å²) in [6, 6.07) is 13.0. The Morgan fingerprint density at radius 2 is 2.04 bits per heavy atom. The van der Waals surface area contributed by atoms with Gasteiger partial charge in [-0.05, 0) is 24.6 Å². The fourth-order valence-electron chi connectivity index (χ4n) is 1.82. The topological polar surface area (TPSA) is 60.0 Å². The van der Waals surface area contributed by atoms with Crippen molar-refractivity contribution >= 4 is 34.7 Å². The second-order valence-electron chi connectivity index (χ2n) is 4.67. The fourth-order valence-corrected chi connectivity index (χ4v) is 2.66. The summed E-state index contributed by atoms with van der Waals surface area (Å²) in [5.74, 6) is 0.391. The maximum atomic E-state index is 14.1. The predicted molar refractivity (Wildman–Crippen MR) is 99.5 cm³/mol. The van der Waals surface area contributed by atoms with E-state index in [-0.39, 0.29) is 10.6 Å². The summed E-state index contributed by atoms with van der Waals surface area (Å²) in [6.07, 6.45) is 1.27. The summed E-state index contributed by atoms with van der Waals surface area (Å²) >= 11 is 7.27. The Kier molecular flexibility index (Phi) is 7.08. The lowest BCUT2D eigenvalue weighted by atomic mass is 10.2. The SMILES string of the molecule is CCOc1ccc(C=NN=C(N)SCc2ccccc2)c(F)c1Cl. The van der Waals surface area contributed by atoms with Crippen LogP contribution in [0.5, 0.6) is 5.75 Å². The van der Waals surface area contributed by atoms with Crippen LogP contribution in [0, 0.1) is 5.82 Å². The van der Waals surface area contributed by atoms with E-state index >= 15 is 0 Å². The van der Waals surface area contributed by atoms with Gasteiger partial charge in [0, 0.05) is 11.3 Å². The molecule has 0 saturated carbocycles. The first-order valence-corrected chi connectivity index (χ1v) is 8.62. The van der Waals surface area contributed by atoms with Crippen molar-refractivity contribution in [1.29, 1.82) is 0 Å². The average Bonchev–Trinajstić information content (AvgIpc) is 2.60. The maximum Gasteiger partial charge on any atom is 0.180 e. The Morgan fingerprint density at radius 3 is 2.75 bits per heavy atom. The molecule has 2 aromatic carbocycles. The van der Waals surface area contributed by atoms with Crippen LogP contribution < -0.4 is 10.5 Å². The highest BCUT2D eigenvalue weighted by atomic mass is 35.5. The number of benzene rings is 2. The van der Waals surface area contributed by atoms with E-state index in [4.69, 9.17) is 22.1 Å². The number of nitrogens with zero attached hydrogens (tertiary/aromatic N) is 2. The molecule has 0 amide bonds. The minimum Gasteiger partial charge on any atom is -0.492 e. The maximum absolute atomic E-state index is 14.1. The molecule has 0 aromatic heterocycles. The van der Waals surface area contributed by atoms with Crippen molar-refractivity contribution in [2.75, 3.05) is 6.61 Å². The molecule has 0 unspecified atom stereocenters. The van der Waals surface area contributed by atoms with Crippen molar-refractivity contribution < 1.29 is 9.13 Å². The van der Waals surface area contributed by atoms with Crippen molar-refractivity contribution in [2.24, 2.45) is 15.9 Å². The largest absolute Gasteiger partial charge is 0.492 e. The molecule has 0 spiro atoms. The number of thioether (sulfide) groups is 1. The molecule has 0 radical (unpaired) electrons. The zero-order valence-corrected chi connectivity index (χ0v) is 14.6. The second kappa shape index (κ2) is 9.30. The lowest BCUT2D eigenvalue weighted by molar-refractivity contribution is 0.338. The van der Waals surface area contributed by atoms with Gasteiger partial charge in [-0.2, -0.15) is 5.10 Å². The first kappa shape index (κ1) is 18.3. The van der Waals surface area contributed by atoms with E-state index in [9.17, 15) is 4.39 Å². The molecule has 126 valence electrons. The van der Waals surface area contributed by atoms with Crippen molar-refractivity contribution in [3.63, 3.8) is 0 Å². The predicted octanol–water partition coefficient (Wildman–Crippen LogP) is 4.46. The van der Waals surface area contributed by atoms with Crippen LogP contribution in [0.2, 0.25) is 5.02 Å². The Hall–Kier alpha value is -2.05. The van der Waals surface area contributed by atoms with E-state index in [0.717, 1.165) is 5.56 Å².